The SMILES string of the molecule is [B]C1C(Cl)CC(Cl)C1CCCc1cc[c-]s1.[Y]. The second-order valence-electron chi connectivity index (χ2n) is 4.42. The summed E-state index contributed by atoms with van der Waals surface area (Å²) in [5, 5.41) is 3.32. The average Bonchev–Trinajstić information content (AvgIpc) is 2.82. The number of alkyl halides is 2. The maximum Gasteiger partial charge on any atom is 0.0724 e. The van der Waals surface area contributed by atoms with E-state index in [4.69, 9.17) is 31.0 Å². The Morgan fingerprint density at radius 1 is 1.41 bits per heavy atom. The molecule has 1 aliphatic carbocycles. The first-order chi connectivity index (χ1) is 7.68. The predicted molar refractivity (Wildman–Crippen MR) is 73.0 cm³/mol. The quantitative estimate of drug-likeness (QED) is 0.431. The zero-order chi connectivity index (χ0) is 11.5. The smallest absolute Gasteiger partial charge is 0.0724 e. The molecule has 3 radical (unpaired) electrons. The van der Waals surface area contributed by atoms with Crippen LogP contribution in [0.2, 0.25) is 5.82 Å². The van der Waals surface area contributed by atoms with E-state index in [9.17, 15) is 0 Å². The molecule has 0 saturated heterocycles. The molecule has 0 N–H and O–H groups in total. The molecular formula is C12H14BCl2SY-. The fraction of sp³-hybridized carbons (Fsp3) is 0.667. The molecule has 1 fully saturated rings. The van der Waals surface area contributed by atoms with E-state index in [2.05, 4.69) is 11.4 Å². The van der Waals surface area contributed by atoms with Crippen molar-refractivity contribution in [2.75, 3.05) is 0 Å². The summed E-state index contributed by atoms with van der Waals surface area (Å²) in [6.07, 6.45) is 4.17. The minimum atomic E-state index is 0. The fourth-order valence-electron chi connectivity index (χ4n) is 2.35. The Morgan fingerprint density at radius 3 is 2.71 bits per heavy atom. The van der Waals surface area contributed by atoms with E-state index in [1.165, 1.54) is 4.88 Å². The van der Waals surface area contributed by atoms with E-state index in [1.807, 2.05) is 6.07 Å². The number of aryl methyl sites for hydroxylation is 1. The Morgan fingerprint density at radius 2 is 2.18 bits per heavy atom. The molecule has 5 heteroatoms. The molecule has 4 atom stereocenters. The van der Waals surface area contributed by atoms with Crippen LogP contribution in [0, 0.1) is 11.3 Å². The van der Waals surface area contributed by atoms with Crippen LogP contribution in [-0.4, -0.2) is 18.6 Å². The van der Waals surface area contributed by atoms with Crippen molar-refractivity contribution in [3.05, 3.63) is 22.4 Å². The summed E-state index contributed by atoms with van der Waals surface area (Å²) in [6.45, 7) is 0. The van der Waals surface area contributed by atoms with E-state index in [-0.39, 0.29) is 49.3 Å². The first kappa shape index (κ1) is 16.5. The van der Waals surface area contributed by atoms with Crippen molar-refractivity contribution in [1.29, 1.82) is 0 Å². The summed E-state index contributed by atoms with van der Waals surface area (Å²) in [4.78, 5) is 1.39. The van der Waals surface area contributed by atoms with Gasteiger partial charge in [-0.2, -0.15) is 6.07 Å². The Labute approximate surface area is 144 Å². The Hall–Kier alpha value is 1.45. The van der Waals surface area contributed by atoms with Crippen LogP contribution in [0.15, 0.2) is 12.1 Å². The number of hydrogen-bond acceptors (Lipinski definition) is 1. The zero-order valence-corrected chi connectivity index (χ0v) is 14.8. The van der Waals surface area contributed by atoms with Crippen LogP contribution in [0.25, 0.3) is 0 Å². The zero-order valence-electron chi connectivity index (χ0n) is 9.61. The minimum Gasteiger partial charge on any atom is -0.300 e. The number of hydrogen-bond donors (Lipinski definition) is 0. The van der Waals surface area contributed by atoms with Gasteiger partial charge in [-0.25, -0.2) is 6.07 Å². The molecule has 1 saturated carbocycles. The van der Waals surface area contributed by atoms with Crippen molar-refractivity contribution < 1.29 is 32.7 Å². The van der Waals surface area contributed by atoms with E-state index in [0.717, 1.165) is 25.7 Å². The first-order valence-corrected chi connectivity index (χ1v) is 7.36. The number of rotatable bonds is 4. The maximum absolute atomic E-state index is 6.26. The third-order valence-corrected chi connectivity index (χ3v) is 5.14. The van der Waals surface area contributed by atoms with Crippen LogP contribution < -0.4 is 0 Å². The topological polar surface area (TPSA) is 0 Å². The van der Waals surface area contributed by atoms with Gasteiger partial charge in [0.2, 0.25) is 0 Å². The molecule has 1 aromatic rings. The fourth-order valence-corrected chi connectivity index (χ4v) is 3.97. The Bertz CT molecular complexity index is 320. The van der Waals surface area contributed by atoms with Crippen molar-refractivity contribution in [3.63, 3.8) is 0 Å². The van der Waals surface area contributed by atoms with Crippen LogP contribution >= 0.6 is 34.5 Å². The van der Waals surface area contributed by atoms with Crippen molar-refractivity contribution >= 4 is 42.4 Å². The van der Waals surface area contributed by atoms with E-state index in [1.54, 1.807) is 11.3 Å². The number of halogens is 2. The molecule has 17 heavy (non-hydrogen) atoms. The van der Waals surface area contributed by atoms with E-state index < -0.39 is 0 Å². The van der Waals surface area contributed by atoms with Gasteiger partial charge in [0.1, 0.15) is 0 Å². The maximum atomic E-state index is 6.26. The molecule has 0 amide bonds. The van der Waals surface area contributed by atoms with Crippen LogP contribution in [-0.2, 0) is 39.1 Å². The largest absolute Gasteiger partial charge is 0.300 e. The molecule has 1 heterocycles. The van der Waals surface area contributed by atoms with Crippen LogP contribution in [0.4, 0.5) is 0 Å². The van der Waals surface area contributed by atoms with E-state index >= 15 is 0 Å². The molecule has 0 aliphatic heterocycles. The first-order valence-electron chi connectivity index (χ1n) is 5.67. The van der Waals surface area contributed by atoms with Gasteiger partial charge >= 0.3 is 0 Å². The number of thiophene rings is 1. The Balaban J connectivity index is 0.00000144. The van der Waals surface area contributed by atoms with Gasteiger partial charge in [0.15, 0.2) is 0 Å². The van der Waals surface area contributed by atoms with Gasteiger partial charge in [-0.15, -0.1) is 33.5 Å². The second-order valence-corrected chi connectivity index (χ2v) is 6.51. The van der Waals surface area contributed by atoms with Crippen molar-refractivity contribution in [1.82, 2.24) is 0 Å². The van der Waals surface area contributed by atoms with Crippen molar-refractivity contribution in [3.8, 4) is 0 Å². The second kappa shape index (κ2) is 7.90. The standard InChI is InChI=1S/C12H14BCl2S.Y/c13-12-9(10(14)7-11(12)15)5-1-3-8-4-2-6-16-8;/h2,4,9-12H,1,3,5,7H2;/q-1;. The van der Waals surface area contributed by atoms with E-state index in [0.29, 0.717) is 5.92 Å². The molecule has 0 spiro atoms. The molecule has 0 nitrogen and oxygen atoms in total. The third-order valence-electron chi connectivity index (χ3n) is 3.31. The molecule has 2 rings (SSSR count). The van der Waals surface area contributed by atoms with Gasteiger partial charge in [-0.1, -0.05) is 25.1 Å². The van der Waals surface area contributed by atoms with Gasteiger partial charge in [0, 0.05) is 43.5 Å². The Kier molecular flexibility index (Phi) is 7.67. The summed E-state index contributed by atoms with van der Waals surface area (Å²) in [5.74, 6) is 0.451. The predicted octanol–water partition coefficient (Wildman–Crippen LogP) is 4.06. The van der Waals surface area contributed by atoms with Crippen LogP contribution in [0.1, 0.15) is 24.1 Å². The average molecular weight is 361 g/mol. The molecule has 0 bridgehead atoms. The molecule has 89 valence electrons. The van der Waals surface area contributed by atoms with Gasteiger partial charge in [-0.3, -0.25) is 0 Å². The summed E-state index contributed by atoms with van der Waals surface area (Å²) in [7, 11) is 6.05. The van der Waals surface area contributed by atoms with Gasteiger partial charge in [0.25, 0.3) is 0 Å². The van der Waals surface area contributed by atoms with Crippen molar-refractivity contribution in [2.45, 2.75) is 42.3 Å². The summed E-state index contributed by atoms with van der Waals surface area (Å²) < 4.78 is 0. The molecule has 1 aromatic heterocycles. The molecule has 0 aromatic carbocycles. The monoisotopic (exact) mass is 360 g/mol. The van der Waals surface area contributed by atoms with Gasteiger partial charge < -0.3 is 11.3 Å². The van der Waals surface area contributed by atoms with Gasteiger partial charge in [0.05, 0.1) is 7.85 Å². The van der Waals surface area contributed by atoms with Crippen LogP contribution in [0.5, 0.6) is 0 Å². The summed E-state index contributed by atoms with van der Waals surface area (Å²) in [6, 6.07) is 4.10. The van der Waals surface area contributed by atoms with Crippen molar-refractivity contribution in [2.24, 2.45) is 5.92 Å². The molecular weight excluding hydrogens is 347 g/mol. The summed E-state index contributed by atoms with van der Waals surface area (Å²) in [5.41, 5.74) is 0. The summed E-state index contributed by atoms with van der Waals surface area (Å²) >= 11 is 14.1. The van der Waals surface area contributed by atoms with Crippen LogP contribution in [0.3, 0.4) is 0 Å². The minimum absolute atomic E-state index is 0. The van der Waals surface area contributed by atoms with Gasteiger partial charge in [-0.05, 0) is 12.3 Å². The molecule has 4 unspecified atom stereocenters. The molecule has 1 aliphatic rings. The third kappa shape index (κ3) is 4.49. The normalized spacial score (nSPS) is 32.4.